The molecule has 13 rings (SSSR count). The van der Waals surface area contributed by atoms with Crippen molar-refractivity contribution in [3.8, 4) is 11.1 Å². The van der Waals surface area contributed by atoms with Gasteiger partial charge in [-0.1, -0.05) is 173 Å². The molecule has 0 atom stereocenters. The summed E-state index contributed by atoms with van der Waals surface area (Å²) in [5.74, 6) is 0.337. The first-order chi connectivity index (χ1) is 37.3. The molecular formula is C72H69BN4S. The number of para-hydroxylation sites is 3. The van der Waals surface area contributed by atoms with Gasteiger partial charge in [-0.15, -0.1) is 11.3 Å². The molecule has 0 bridgehead atoms. The molecule has 0 unspecified atom stereocenters. The van der Waals surface area contributed by atoms with Crippen LogP contribution in [0.25, 0.3) is 43.0 Å². The average Bonchev–Trinajstić information content (AvgIpc) is 4.11. The number of fused-ring (bicyclic) bond motifs is 9. The topological polar surface area (TPSA) is 14.7 Å². The van der Waals surface area contributed by atoms with Crippen LogP contribution in [-0.4, -0.2) is 11.3 Å². The Morgan fingerprint density at radius 2 is 1.04 bits per heavy atom. The summed E-state index contributed by atoms with van der Waals surface area (Å²) in [6.07, 6.45) is 0. The maximum Gasteiger partial charge on any atom is 0.264 e. The molecule has 4 nitrogen and oxygen atoms in total. The number of aromatic nitrogens is 1. The maximum atomic E-state index is 2.65. The van der Waals surface area contributed by atoms with E-state index in [4.69, 9.17) is 0 Å². The van der Waals surface area contributed by atoms with Gasteiger partial charge in [0.05, 0.1) is 17.1 Å². The molecular weight excluding hydrogens is 964 g/mol. The molecule has 11 aromatic rings. The molecule has 0 saturated heterocycles. The molecule has 2 aromatic heterocycles. The number of aryl methyl sites for hydroxylation is 1. The smallest absolute Gasteiger partial charge is 0.264 e. The van der Waals surface area contributed by atoms with Gasteiger partial charge in [-0.2, -0.15) is 0 Å². The van der Waals surface area contributed by atoms with Gasteiger partial charge in [0, 0.05) is 83.4 Å². The van der Waals surface area contributed by atoms with Crippen LogP contribution in [0.5, 0.6) is 0 Å². The van der Waals surface area contributed by atoms with E-state index in [1.54, 1.807) is 0 Å². The fraction of sp³-hybridized carbons (Fsp3) is 0.222. The number of benzene rings is 9. The van der Waals surface area contributed by atoms with E-state index in [9.17, 15) is 0 Å². The third-order valence-corrected chi connectivity index (χ3v) is 18.0. The summed E-state index contributed by atoms with van der Waals surface area (Å²) >= 11 is 1.98. The average molecular weight is 1030 g/mol. The van der Waals surface area contributed by atoms with Crippen LogP contribution < -0.4 is 30.4 Å². The van der Waals surface area contributed by atoms with Crippen LogP contribution in [0, 0.1) is 0 Å². The van der Waals surface area contributed by atoms with Crippen molar-refractivity contribution in [2.45, 2.75) is 98.3 Å². The second kappa shape index (κ2) is 18.1. The Bertz CT molecular complexity index is 4110. The number of rotatable bonds is 7. The van der Waals surface area contributed by atoms with Gasteiger partial charge in [0.15, 0.2) is 0 Å². The van der Waals surface area contributed by atoms with Crippen LogP contribution in [0.15, 0.2) is 194 Å². The quantitative estimate of drug-likeness (QED) is 0.148. The van der Waals surface area contributed by atoms with Crippen molar-refractivity contribution < 1.29 is 0 Å². The fourth-order valence-corrected chi connectivity index (χ4v) is 13.7. The lowest BCUT2D eigenvalue weighted by atomic mass is 9.36. The Balaban J connectivity index is 1.18. The van der Waals surface area contributed by atoms with Crippen molar-refractivity contribution in [1.82, 2.24) is 4.57 Å². The predicted octanol–water partition coefficient (Wildman–Crippen LogP) is 18.8. The Labute approximate surface area is 466 Å². The molecule has 386 valence electrons. The highest BCUT2D eigenvalue weighted by Gasteiger charge is 2.46. The molecule has 4 heterocycles. The standard InChI is InChI=1S/C72H69BN4S/c1-45(2)46-27-36-63-59(40-46)73-67-64(76(53-33-29-48(30-34-53)70(3,4)5)68-58-42-50(72(9,10)11)32-38-66(58)78-69(68)73)43-54(75(51-21-15-13-16-22-51)52-23-17-14-18-24-52)44-65(67)77(63)62-37-31-49(71(6,7)8)41-56(62)47-28-35-61-57(39-47)55-25-19-20-26-60(55)74(61)12/h13-45H,1-12H3. The molecule has 0 amide bonds. The van der Waals surface area contributed by atoms with Crippen LogP contribution in [0.1, 0.15) is 104 Å². The van der Waals surface area contributed by atoms with Crippen molar-refractivity contribution in [2.24, 2.45) is 7.05 Å². The minimum atomic E-state index is -0.0910. The third-order valence-electron chi connectivity index (χ3n) is 16.8. The highest BCUT2D eigenvalue weighted by molar-refractivity contribution is 7.33. The van der Waals surface area contributed by atoms with Crippen LogP contribution in [0.3, 0.4) is 0 Å². The van der Waals surface area contributed by atoms with Crippen molar-refractivity contribution in [2.75, 3.05) is 14.7 Å². The Hall–Kier alpha value is -7.80. The van der Waals surface area contributed by atoms with E-state index in [-0.39, 0.29) is 23.0 Å². The fourth-order valence-electron chi connectivity index (χ4n) is 12.4. The van der Waals surface area contributed by atoms with Gasteiger partial charge in [0.1, 0.15) is 0 Å². The first-order valence-electron chi connectivity index (χ1n) is 28.0. The van der Waals surface area contributed by atoms with Gasteiger partial charge in [-0.25, -0.2) is 0 Å². The summed E-state index contributed by atoms with van der Waals surface area (Å²) in [5, 5.41) is 3.83. The SMILES string of the molecule is CC(C)c1ccc2c(c1)B1c3sc4ccc(C(C)(C)C)cc4c3N(c3ccc(C(C)(C)C)cc3)c3cc(N(c4ccccc4)c4ccccc4)cc(c31)N2c1ccc(C(C)(C)C)cc1-c1ccc2c(c1)c1ccccc1n2C. The van der Waals surface area contributed by atoms with E-state index in [2.05, 4.69) is 297 Å². The highest BCUT2D eigenvalue weighted by Crippen LogP contribution is 2.53. The van der Waals surface area contributed by atoms with Gasteiger partial charge in [0.25, 0.3) is 6.71 Å². The van der Waals surface area contributed by atoms with Gasteiger partial charge in [-0.05, 0) is 158 Å². The van der Waals surface area contributed by atoms with Crippen LogP contribution in [0.4, 0.5) is 51.2 Å². The molecule has 0 radical (unpaired) electrons. The monoisotopic (exact) mass is 1030 g/mol. The third kappa shape index (κ3) is 8.08. The molecule has 6 heteroatoms. The summed E-state index contributed by atoms with van der Waals surface area (Å²) in [6, 6.07) is 74.4. The summed E-state index contributed by atoms with van der Waals surface area (Å²) in [6.45, 7) is 25.6. The molecule has 78 heavy (non-hydrogen) atoms. The normalized spacial score (nSPS) is 13.4. The predicted molar refractivity (Wildman–Crippen MR) is 340 cm³/mol. The van der Waals surface area contributed by atoms with Crippen molar-refractivity contribution in [1.29, 1.82) is 0 Å². The van der Waals surface area contributed by atoms with Crippen LogP contribution in [-0.2, 0) is 23.3 Å². The summed E-state index contributed by atoms with van der Waals surface area (Å²) < 4.78 is 5.03. The summed E-state index contributed by atoms with van der Waals surface area (Å²) in [4.78, 5) is 7.76. The minimum Gasteiger partial charge on any atom is -0.344 e. The van der Waals surface area contributed by atoms with Crippen molar-refractivity contribution in [3.63, 3.8) is 0 Å². The first kappa shape index (κ1) is 49.8. The van der Waals surface area contributed by atoms with Crippen molar-refractivity contribution in [3.05, 3.63) is 216 Å². The van der Waals surface area contributed by atoms with E-state index >= 15 is 0 Å². The zero-order valence-electron chi connectivity index (χ0n) is 47.3. The molecule has 0 N–H and O–H groups in total. The largest absolute Gasteiger partial charge is 0.344 e. The van der Waals surface area contributed by atoms with Crippen LogP contribution in [0.2, 0.25) is 0 Å². The highest BCUT2D eigenvalue weighted by atomic mass is 32.1. The second-order valence-electron chi connectivity index (χ2n) is 25.3. The lowest BCUT2D eigenvalue weighted by Gasteiger charge is -2.44. The molecule has 2 aliphatic rings. The number of hydrogen-bond donors (Lipinski definition) is 0. The molecule has 0 fully saturated rings. The Morgan fingerprint density at radius 1 is 0.462 bits per heavy atom. The molecule has 0 aliphatic carbocycles. The molecule has 9 aromatic carbocycles. The zero-order valence-corrected chi connectivity index (χ0v) is 48.1. The Kier molecular flexibility index (Phi) is 11.6. The van der Waals surface area contributed by atoms with Gasteiger partial charge in [0.2, 0.25) is 0 Å². The maximum absolute atomic E-state index is 2.65. The molecule has 2 aliphatic heterocycles. The number of anilines is 9. The molecule has 0 saturated carbocycles. The minimum absolute atomic E-state index is 0.00492. The van der Waals surface area contributed by atoms with Crippen molar-refractivity contribution >= 4 is 117 Å². The lowest BCUT2D eigenvalue weighted by molar-refractivity contribution is 0.590. The van der Waals surface area contributed by atoms with E-state index < -0.39 is 0 Å². The zero-order chi connectivity index (χ0) is 54.2. The Morgan fingerprint density at radius 3 is 1.69 bits per heavy atom. The first-order valence-corrected chi connectivity index (χ1v) is 28.8. The molecule has 0 spiro atoms. The van der Waals surface area contributed by atoms with E-state index in [0.29, 0.717) is 5.92 Å². The number of thiophene rings is 1. The van der Waals surface area contributed by atoms with Crippen LogP contribution >= 0.6 is 11.3 Å². The van der Waals surface area contributed by atoms with Gasteiger partial charge < -0.3 is 19.3 Å². The van der Waals surface area contributed by atoms with E-state index in [1.165, 1.54) is 104 Å². The number of nitrogens with zero attached hydrogens (tertiary/aromatic N) is 4. The van der Waals surface area contributed by atoms with E-state index in [1.807, 2.05) is 11.3 Å². The summed E-state index contributed by atoms with van der Waals surface area (Å²) in [7, 11) is 2.19. The van der Waals surface area contributed by atoms with Gasteiger partial charge in [-0.3, -0.25) is 0 Å². The van der Waals surface area contributed by atoms with E-state index in [0.717, 1.165) is 28.4 Å². The summed E-state index contributed by atoms with van der Waals surface area (Å²) in [5.41, 5.74) is 23.2. The second-order valence-corrected chi connectivity index (χ2v) is 26.4. The van der Waals surface area contributed by atoms with Gasteiger partial charge >= 0.3 is 0 Å². The number of hydrogen-bond acceptors (Lipinski definition) is 4. The lowest BCUT2D eigenvalue weighted by Crippen LogP contribution is -2.60.